The van der Waals surface area contributed by atoms with Gasteiger partial charge in [-0.15, -0.1) is 0 Å². The summed E-state index contributed by atoms with van der Waals surface area (Å²) in [6, 6.07) is 13.8. The minimum Gasteiger partial charge on any atom is -0.390 e. The van der Waals surface area contributed by atoms with Crippen molar-refractivity contribution in [3.63, 3.8) is 0 Å². The lowest BCUT2D eigenvalue weighted by Gasteiger charge is -2.12. The molecule has 6 aromatic rings. The van der Waals surface area contributed by atoms with Crippen LogP contribution >= 0.6 is 0 Å². The van der Waals surface area contributed by atoms with E-state index in [-0.39, 0.29) is 37.0 Å². The van der Waals surface area contributed by atoms with E-state index in [0.29, 0.717) is 81.8 Å². The van der Waals surface area contributed by atoms with Crippen LogP contribution in [0.1, 0.15) is 99.4 Å². The van der Waals surface area contributed by atoms with E-state index < -0.39 is 25.2 Å². The summed E-state index contributed by atoms with van der Waals surface area (Å²) < 4.78 is 77.9. The lowest BCUT2D eigenvalue weighted by Crippen LogP contribution is -2.15. The van der Waals surface area contributed by atoms with Gasteiger partial charge in [-0.25, -0.2) is 19.0 Å². The summed E-state index contributed by atoms with van der Waals surface area (Å²) in [5, 5.41) is 23.6. The van der Waals surface area contributed by atoms with Gasteiger partial charge >= 0.3 is 12.4 Å². The maximum Gasteiger partial charge on any atom is 0.390 e. The van der Waals surface area contributed by atoms with Crippen molar-refractivity contribution in [3.05, 3.63) is 94.6 Å². The summed E-state index contributed by atoms with van der Waals surface area (Å²) in [6.07, 6.45) is -1.33. The monoisotopic (exact) mass is 862 g/mol. The van der Waals surface area contributed by atoms with Crippen LogP contribution in [0.2, 0.25) is 0 Å². The number of aldehydes is 1. The number of carbonyl (C=O) groups excluding carboxylic acids is 3. The third kappa shape index (κ3) is 10.8. The molecular weight excluding hydrogens is 819 g/mol. The molecule has 0 radical (unpaired) electrons. The highest BCUT2D eigenvalue weighted by atomic mass is 19.4. The lowest BCUT2D eigenvalue weighted by atomic mass is 9.98. The highest BCUT2D eigenvalue weighted by Gasteiger charge is 2.29. The molecule has 2 aliphatic carbocycles. The maximum absolute atomic E-state index is 12.5. The molecule has 3 N–H and O–H groups in total. The molecule has 8 rings (SSSR count). The van der Waals surface area contributed by atoms with E-state index in [9.17, 15) is 45.8 Å². The van der Waals surface area contributed by atoms with Crippen LogP contribution in [-0.2, 0) is 6.61 Å². The molecule has 62 heavy (non-hydrogen) atoms. The van der Waals surface area contributed by atoms with Crippen molar-refractivity contribution < 1.29 is 45.8 Å². The number of nitrogens with one attached hydrogen (secondary N) is 2. The number of alkyl halides is 6. The first-order valence-corrected chi connectivity index (χ1v) is 20.2. The number of rotatable bonds is 16. The normalized spacial score (nSPS) is 14.1. The zero-order valence-electron chi connectivity index (χ0n) is 33.9. The summed E-state index contributed by atoms with van der Waals surface area (Å²) in [7, 11) is 0. The quantitative estimate of drug-likeness (QED) is 0.0487. The van der Waals surface area contributed by atoms with Crippen LogP contribution in [0.25, 0.3) is 33.8 Å². The van der Waals surface area contributed by atoms with Crippen LogP contribution in [0.4, 0.5) is 37.7 Å². The van der Waals surface area contributed by atoms with Crippen LogP contribution in [0, 0.1) is 25.7 Å². The summed E-state index contributed by atoms with van der Waals surface area (Å²) in [5.41, 5.74) is 7.45. The van der Waals surface area contributed by atoms with Crippen molar-refractivity contribution in [3.8, 4) is 22.5 Å². The number of aromatic nitrogens is 6. The Bertz CT molecular complexity index is 2630. The van der Waals surface area contributed by atoms with Crippen molar-refractivity contribution in [2.24, 2.45) is 11.8 Å². The van der Waals surface area contributed by atoms with Gasteiger partial charge in [-0.05, 0) is 86.8 Å². The largest absolute Gasteiger partial charge is 0.390 e. The molecule has 2 aliphatic rings. The van der Waals surface area contributed by atoms with E-state index in [1.54, 1.807) is 30.6 Å². The number of carbonyl (C=O) groups is 3. The Kier molecular flexibility index (Phi) is 12.8. The Morgan fingerprint density at radius 1 is 0.710 bits per heavy atom. The molecule has 0 spiro atoms. The number of nitrogens with zero attached hydrogens (tertiary/aromatic N) is 6. The highest BCUT2D eigenvalue weighted by molar-refractivity contribution is 5.99. The van der Waals surface area contributed by atoms with Crippen molar-refractivity contribution in [2.45, 2.75) is 84.2 Å². The van der Waals surface area contributed by atoms with Gasteiger partial charge in [0.25, 0.3) is 0 Å². The number of anilines is 2. The van der Waals surface area contributed by atoms with Crippen LogP contribution in [0.15, 0.2) is 60.9 Å². The average Bonchev–Trinajstić information content (AvgIpc) is 4.13. The van der Waals surface area contributed by atoms with Crippen molar-refractivity contribution in [1.82, 2.24) is 29.2 Å². The molecule has 0 atom stereocenters. The van der Waals surface area contributed by atoms with Gasteiger partial charge in [-0.1, -0.05) is 24.3 Å². The molecule has 0 amide bonds. The van der Waals surface area contributed by atoms with Crippen LogP contribution in [0.5, 0.6) is 0 Å². The zero-order valence-corrected chi connectivity index (χ0v) is 33.9. The molecule has 2 fully saturated rings. The number of aryl methyl sites for hydroxylation is 2. The van der Waals surface area contributed by atoms with Crippen LogP contribution in [0.3, 0.4) is 0 Å². The topological polar surface area (TPSA) is 156 Å². The van der Waals surface area contributed by atoms with Crippen molar-refractivity contribution in [1.29, 1.82) is 0 Å². The number of aliphatic hydroxyl groups is 1. The van der Waals surface area contributed by atoms with Gasteiger partial charge in [0, 0.05) is 48.2 Å². The second kappa shape index (κ2) is 18.0. The summed E-state index contributed by atoms with van der Waals surface area (Å²) in [4.78, 5) is 44.9. The Labute approximate surface area is 351 Å². The zero-order chi connectivity index (χ0) is 44.3. The fraction of sp³-hybridized carbons (Fsp3) is 0.386. The first-order valence-electron chi connectivity index (χ1n) is 20.2. The molecular formula is C44H44F6N8O4. The third-order valence-corrected chi connectivity index (χ3v) is 10.7. The number of benzene rings is 2. The van der Waals surface area contributed by atoms with Gasteiger partial charge in [-0.3, -0.25) is 14.4 Å². The predicted octanol–water partition coefficient (Wildman–Crippen LogP) is 9.41. The van der Waals surface area contributed by atoms with Gasteiger partial charge in [0.2, 0.25) is 0 Å². The number of imidazole rings is 2. The van der Waals surface area contributed by atoms with Gasteiger partial charge in [0.05, 0.1) is 60.3 Å². The summed E-state index contributed by atoms with van der Waals surface area (Å²) >= 11 is 0. The predicted molar refractivity (Wildman–Crippen MR) is 219 cm³/mol. The highest BCUT2D eigenvalue weighted by Crippen LogP contribution is 2.36. The Hall–Kier alpha value is -6.17. The number of fused-ring (bicyclic) bond motifs is 2. The molecule has 326 valence electrons. The second-order valence-electron chi connectivity index (χ2n) is 15.9. The Morgan fingerprint density at radius 3 is 1.56 bits per heavy atom. The fourth-order valence-corrected chi connectivity index (χ4v) is 7.13. The molecule has 4 aromatic heterocycles. The van der Waals surface area contributed by atoms with Crippen molar-refractivity contribution >= 4 is 40.5 Å². The number of halogens is 6. The minimum absolute atomic E-state index is 0.0641. The number of Topliss-reactive ketones (excluding diaryl/α,β-unsaturated/α-hetero) is 2. The third-order valence-electron chi connectivity index (χ3n) is 10.7. The molecule has 18 heteroatoms. The molecule has 12 nitrogen and oxygen atoms in total. The number of ketones is 2. The SMILES string of the molecule is Cc1cc(-c2cnc3c(NCCC(F)(F)F)cc(C=O)nn23)ccc1C(=O)CC1CC1.Cc1cc(-c2cnc3c(NCCC(F)(F)F)cc(CO)nn23)ccc1C(=O)CC1CC1. The van der Waals surface area contributed by atoms with E-state index in [0.717, 1.165) is 47.9 Å². The van der Waals surface area contributed by atoms with Gasteiger partial charge in [-0.2, -0.15) is 36.5 Å². The first kappa shape index (κ1) is 43.9. The summed E-state index contributed by atoms with van der Waals surface area (Å²) in [5.74, 6) is 1.28. The van der Waals surface area contributed by atoms with Crippen LogP contribution < -0.4 is 10.6 Å². The van der Waals surface area contributed by atoms with E-state index in [1.807, 2.05) is 32.0 Å². The average molecular weight is 863 g/mol. The van der Waals surface area contributed by atoms with Gasteiger partial charge in [0.15, 0.2) is 29.1 Å². The smallest absolute Gasteiger partial charge is 0.390 e. The molecule has 4 heterocycles. The minimum atomic E-state index is -4.29. The second-order valence-corrected chi connectivity index (χ2v) is 15.9. The molecule has 2 aromatic carbocycles. The maximum atomic E-state index is 12.5. The van der Waals surface area contributed by atoms with Gasteiger partial charge < -0.3 is 15.7 Å². The number of aliphatic hydroxyl groups excluding tert-OH is 1. The van der Waals surface area contributed by atoms with E-state index >= 15 is 0 Å². The molecule has 0 unspecified atom stereocenters. The Morgan fingerprint density at radius 2 is 1.16 bits per heavy atom. The standard InChI is InChI=1S/C22H23F3N4O2.C22H21F3N4O2/c2*1-13-8-15(4-5-17(13)20(31)9-14-2-3-14)19-11-27-21-18(26-7-6-22(23,24)25)10-16(12-30)28-29(19)21/h4-5,8,10-11,14,26,30H,2-3,6-7,9,12H2,1H3;4-5,8,10-12,14,26H,2-3,6-7,9H2,1H3. The lowest BCUT2D eigenvalue weighted by molar-refractivity contribution is -0.132. The van der Waals surface area contributed by atoms with E-state index in [2.05, 4.69) is 30.8 Å². The summed E-state index contributed by atoms with van der Waals surface area (Å²) in [6.45, 7) is 2.72. The van der Waals surface area contributed by atoms with Crippen LogP contribution in [-0.4, -0.2) is 77.6 Å². The Balaban J connectivity index is 0.000000186. The molecule has 0 bridgehead atoms. The molecule has 2 saturated carbocycles. The van der Waals surface area contributed by atoms with Crippen molar-refractivity contribution in [2.75, 3.05) is 23.7 Å². The fourth-order valence-electron chi connectivity index (χ4n) is 7.13. The number of hydrogen-bond acceptors (Lipinski definition) is 10. The molecule has 0 aliphatic heterocycles. The van der Waals surface area contributed by atoms with E-state index in [4.69, 9.17) is 0 Å². The number of hydrogen-bond donors (Lipinski definition) is 3. The molecule has 0 saturated heterocycles. The first-order chi connectivity index (χ1) is 29.5. The van der Waals surface area contributed by atoms with Gasteiger partial charge in [0.1, 0.15) is 5.69 Å². The van der Waals surface area contributed by atoms with E-state index in [1.165, 1.54) is 21.2 Å².